The van der Waals surface area contributed by atoms with Gasteiger partial charge in [-0.05, 0) is 6.42 Å². The summed E-state index contributed by atoms with van der Waals surface area (Å²) < 4.78 is 16.7. The molecule has 0 saturated heterocycles. The molecule has 29 heavy (non-hydrogen) atoms. The molecular formula is C13H21N4O11P. The maximum Gasteiger partial charge on any atom is 0.469 e. The summed E-state index contributed by atoms with van der Waals surface area (Å²) in [5.74, 6) is 0. The zero-order chi connectivity index (χ0) is 21.9. The fourth-order valence-electron chi connectivity index (χ4n) is 2.69. The molecule has 15 nitrogen and oxygen atoms in total. The monoisotopic (exact) mass is 440 g/mol. The number of aliphatic hydroxyl groups excluding tert-OH is 4. The lowest BCUT2D eigenvalue weighted by Gasteiger charge is -2.21. The number of nitrogens with one attached hydrogen (secondary N) is 2. The SMILES string of the molecule is O=c1[nH]c(=O)c2c([nH]1)n(C[C@H](O)[C@H](O)[C@H](O)CO)c(=O)n2CCCOP(=O)(O)O. The number of phosphoric ester groups is 1. The predicted octanol–water partition coefficient (Wildman–Crippen LogP) is -4.25. The molecule has 2 heterocycles. The van der Waals surface area contributed by atoms with E-state index >= 15 is 0 Å². The Bertz CT molecular complexity index is 1060. The van der Waals surface area contributed by atoms with Crippen molar-refractivity contribution in [3.8, 4) is 0 Å². The second-order valence-corrected chi connectivity index (χ2v) is 7.37. The lowest BCUT2D eigenvalue weighted by Crippen LogP contribution is -2.43. The molecule has 164 valence electrons. The number of hydrogen-bond acceptors (Lipinski definition) is 9. The number of aromatic nitrogens is 4. The normalized spacial score (nSPS) is 15.5. The average Bonchev–Trinajstić information content (AvgIpc) is 2.88. The van der Waals surface area contributed by atoms with Crippen LogP contribution in [0.2, 0.25) is 0 Å². The van der Waals surface area contributed by atoms with E-state index < -0.39 is 62.8 Å². The largest absolute Gasteiger partial charge is 0.469 e. The summed E-state index contributed by atoms with van der Waals surface area (Å²) in [6.45, 7) is -2.16. The van der Waals surface area contributed by atoms with E-state index in [9.17, 15) is 34.3 Å². The van der Waals surface area contributed by atoms with Crippen LogP contribution in [0, 0.1) is 0 Å². The van der Waals surface area contributed by atoms with Gasteiger partial charge in [-0.15, -0.1) is 0 Å². The summed E-state index contributed by atoms with van der Waals surface area (Å²) in [6.07, 6.45) is -5.34. The van der Waals surface area contributed by atoms with Crippen molar-refractivity contribution in [2.24, 2.45) is 0 Å². The number of phosphoric acid groups is 1. The van der Waals surface area contributed by atoms with Crippen LogP contribution in [0.3, 0.4) is 0 Å². The van der Waals surface area contributed by atoms with Gasteiger partial charge in [-0.2, -0.15) is 0 Å². The van der Waals surface area contributed by atoms with Crippen molar-refractivity contribution in [2.45, 2.75) is 37.8 Å². The van der Waals surface area contributed by atoms with Gasteiger partial charge in [0.1, 0.15) is 24.0 Å². The number of imidazole rings is 1. The lowest BCUT2D eigenvalue weighted by atomic mass is 10.1. The van der Waals surface area contributed by atoms with Crippen molar-refractivity contribution in [1.82, 2.24) is 19.1 Å². The van der Waals surface area contributed by atoms with Gasteiger partial charge >= 0.3 is 19.2 Å². The third-order valence-corrected chi connectivity index (χ3v) is 4.55. The van der Waals surface area contributed by atoms with Crippen LogP contribution in [0.25, 0.3) is 11.2 Å². The molecule has 0 bridgehead atoms. The highest BCUT2D eigenvalue weighted by atomic mass is 31.2. The van der Waals surface area contributed by atoms with Crippen molar-refractivity contribution < 1.29 is 39.3 Å². The van der Waals surface area contributed by atoms with Crippen molar-refractivity contribution in [1.29, 1.82) is 0 Å². The number of nitrogens with zero attached hydrogens (tertiary/aromatic N) is 2. The first kappa shape index (κ1) is 23.2. The summed E-state index contributed by atoms with van der Waals surface area (Å²) in [7, 11) is -4.71. The average molecular weight is 440 g/mol. The first-order chi connectivity index (χ1) is 13.5. The third kappa shape index (κ3) is 5.49. The van der Waals surface area contributed by atoms with Crippen LogP contribution in [0.5, 0.6) is 0 Å². The van der Waals surface area contributed by atoms with Gasteiger partial charge in [-0.25, -0.2) is 14.2 Å². The molecule has 0 spiro atoms. The Kier molecular flexibility index (Phi) is 7.31. The molecular weight excluding hydrogens is 419 g/mol. The van der Waals surface area contributed by atoms with Gasteiger partial charge in [0.05, 0.1) is 19.8 Å². The van der Waals surface area contributed by atoms with Crippen LogP contribution in [0.1, 0.15) is 6.42 Å². The Hall–Kier alpha value is -2.10. The smallest absolute Gasteiger partial charge is 0.394 e. The second-order valence-electron chi connectivity index (χ2n) is 6.14. The Labute approximate surface area is 160 Å². The van der Waals surface area contributed by atoms with Gasteiger partial charge in [0, 0.05) is 6.54 Å². The first-order valence-electron chi connectivity index (χ1n) is 8.27. The van der Waals surface area contributed by atoms with E-state index in [0.717, 1.165) is 9.13 Å². The van der Waals surface area contributed by atoms with Gasteiger partial charge in [0.25, 0.3) is 5.56 Å². The first-order valence-corrected chi connectivity index (χ1v) is 9.80. The van der Waals surface area contributed by atoms with E-state index in [4.69, 9.17) is 14.9 Å². The topological polar surface area (TPSA) is 240 Å². The van der Waals surface area contributed by atoms with Crippen LogP contribution in [-0.2, 0) is 22.2 Å². The number of rotatable bonds is 10. The van der Waals surface area contributed by atoms with Crippen molar-refractivity contribution >= 4 is 19.0 Å². The summed E-state index contributed by atoms with van der Waals surface area (Å²) in [4.78, 5) is 58.0. The predicted molar refractivity (Wildman–Crippen MR) is 95.2 cm³/mol. The van der Waals surface area contributed by atoms with E-state index in [1.807, 2.05) is 4.98 Å². The second kappa shape index (κ2) is 9.15. The molecule has 0 aliphatic carbocycles. The Morgan fingerprint density at radius 1 is 1.03 bits per heavy atom. The number of hydrogen-bond donors (Lipinski definition) is 8. The van der Waals surface area contributed by atoms with E-state index in [2.05, 4.69) is 9.51 Å². The zero-order valence-electron chi connectivity index (χ0n) is 14.8. The number of aryl methyl sites for hydroxylation is 1. The van der Waals surface area contributed by atoms with Gasteiger partial charge in [0.2, 0.25) is 0 Å². The molecule has 2 rings (SSSR count). The molecule has 16 heteroatoms. The number of fused-ring (bicyclic) bond motifs is 1. The van der Waals surface area contributed by atoms with E-state index in [-0.39, 0.29) is 24.1 Å². The van der Waals surface area contributed by atoms with Crippen LogP contribution < -0.4 is 16.9 Å². The molecule has 0 unspecified atom stereocenters. The molecule has 3 atom stereocenters. The Morgan fingerprint density at radius 3 is 2.28 bits per heavy atom. The Balaban J connectivity index is 2.42. The standard InChI is InChI=1S/C13H21N4O11P/c18-5-7(20)9(21)6(19)4-17-10-8(11(22)15-12(23)14-10)16(13(17)24)2-1-3-28-29(25,26)27/h6-7,9,18-21H,1-5H2,(H2,25,26,27)(H2,14,15,22,23)/t6-,7+,9-/m0/s1. The van der Waals surface area contributed by atoms with Gasteiger partial charge < -0.3 is 30.2 Å². The van der Waals surface area contributed by atoms with Gasteiger partial charge in [-0.3, -0.25) is 28.4 Å². The molecule has 0 amide bonds. The van der Waals surface area contributed by atoms with E-state index in [1.165, 1.54) is 0 Å². The molecule has 2 aromatic heterocycles. The summed E-state index contributed by atoms with van der Waals surface area (Å²) >= 11 is 0. The third-order valence-electron chi connectivity index (χ3n) is 4.03. The maximum absolute atomic E-state index is 12.7. The molecule has 0 fully saturated rings. The lowest BCUT2D eigenvalue weighted by molar-refractivity contribution is -0.0806. The maximum atomic E-state index is 12.7. The van der Waals surface area contributed by atoms with E-state index in [0.29, 0.717) is 0 Å². The highest BCUT2D eigenvalue weighted by Crippen LogP contribution is 2.35. The minimum absolute atomic E-state index is 0.0862. The number of aliphatic hydroxyl groups is 4. The van der Waals surface area contributed by atoms with Crippen molar-refractivity contribution in [3.63, 3.8) is 0 Å². The molecule has 8 N–H and O–H groups in total. The van der Waals surface area contributed by atoms with Crippen LogP contribution in [-0.4, -0.2) is 80.8 Å². The van der Waals surface area contributed by atoms with E-state index in [1.54, 1.807) is 0 Å². The van der Waals surface area contributed by atoms with Gasteiger partial charge in [-0.1, -0.05) is 0 Å². The Morgan fingerprint density at radius 2 is 1.69 bits per heavy atom. The molecule has 2 aromatic rings. The van der Waals surface area contributed by atoms with Crippen LogP contribution >= 0.6 is 7.82 Å². The van der Waals surface area contributed by atoms with Gasteiger partial charge in [0.15, 0.2) is 5.52 Å². The highest BCUT2D eigenvalue weighted by Gasteiger charge is 2.27. The molecule has 0 aliphatic heterocycles. The quantitative estimate of drug-likeness (QED) is 0.130. The van der Waals surface area contributed by atoms with Crippen LogP contribution in [0.15, 0.2) is 14.4 Å². The fourth-order valence-corrected chi connectivity index (χ4v) is 3.06. The zero-order valence-corrected chi connectivity index (χ0v) is 15.7. The minimum atomic E-state index is -4.71. The van der Waals surface area contributed by atoms with Crippen molar-refractivity contribution in [2.75, 3.05) is 13.2 Å². The summed E-state index contributed by atoms with van der Waals surface area (Å²) in [5, 5.41) is 38.1. The molecule has 0 aliphatic rings. The molecule has 0 aromatic carbocycles. The molecule has 0 radical (unpaired) electrons. The minimum Gasteiger partial charge on any atom is -0.394 e. The molecule has 0 saturated carbocycles. The number of H-pyrrole nitrogens is 2. The fraction of sp³-hybridized carbons (Fsp3) is 0.615. The highest BCUT2D eigenvalue weighted by molar-refractivity contribution is 7.46. The summed E-state index contributed by atoms with van der Waals surface area (Å²) in [6, 6.07) is 0. The number of aromatic amines is 2. The summed E-state index contributed by atoms with van der Waals surface area (Å²) in [5.41, 5.74) is -3.31. The van der Waals surface area contributed by atoms with Crippen molar-refractivity contribution in [3.05, 3.63) is 31.3 Å². The van der Waals surface area contributed by atoms with Crippen LogP contribution in [0.4, 0.5) is 0 Å².